The van der Waals surface area contributed by atoms with E-state index in [9.17, 15) is 5.11 Å². The van der Waals surface area contributed by atoms with Crippen molar-refractivity contribution in [3.8, 4) is 5.88 Å². The molecule has 7 heteroatoms. The van der Waals surface area contributed by atoms with Gasteiger partial charge in [-0.2, -0.15) is 10.2 Å². The van der Waals surface area contributed by atoms with Gasteiger partial charge in [-0.1, -0.05) is 6.92 Å². The molecule has 7 nitrogen and oxygen atoms in total. The normalized spacial score (nSPS) is 14.1. The fourth-order valence-corrected chi connectivity index (χ4v) is 2.55. The Morgan fingerprint density at radius 3 is 2.68 bits per heavy atom. The molecule has 2 aromatic rings. The molecule has 0 saturated heterocycles. The van der Waals surface area contributed by atoms with Crippen LogP contribution in [0.1, 0.15) is 30.7 Å². The first-order valence-electron chi connectivity index (χ1n) is 7.40. The van der Waals surface area contributed by atoms with E-state index in [2.05, 4.69) is 22.4 Å². The lowest BCUT2D eigenvalue weighted by molar-refractivity contribution is 0.0565. The molecule has 0 spiro atoms. The van der Waals surface area contributed by atoms with Crippen LogP contribution in [0, 0.1) is 0 Å². The fraction of sp³-hybridized carbons (Fsp3) is 0.600. The summed E-state index contributed by atoms with van der Waals surface area (Å²) in [4.78, 5) is 0. The average molecular weight is 307 g/mol. The molecule has 0 aliphatic carbocycles. The van der Waals surface area contributed by atoms with E-state index in [1.54, 1.807) is 29.6 Å². The Balaban J connectivity index is 2.05. The maximum absolute atomic E-state index is 10.6. The lowest BCUT2D eigenvalue weighted by Crippen LogP contribution is -2.35. The van der Waals surface area contributed by atoms with Gasteiger partial charge in [0.1, 0.15) is 5.60 Å². The molecule has 2 aromatic heterocycles. The van der Waals surface area contributed by atoms with E-state index in [0.29, 0.717) is 13.1 Å². The molecule has 1 unspecified atom stereocenters. The monoisotopic (exact) mass is 307 g/mol. The van der Waals surface area contributed by atoms with Crippen molar-refractivity contribution in [2.24, 2.45) is 14.1 Å². The summed E-state index contributed by atoms with van der Waals surface area (Å²) in [5.74, 6) is 0.755. The Kier molecular flexibility index (Phi) is 4.87. The van der Waals surface area contributed by atoms with Gasteiger partial charge in [-0.15, -0.1) is 0 Å². The van der Waals surface area contributed by atoms with E-state index in [4.69, 9.17) is 4.74 Å². The first-order valence-corrected chi connectivity index (χ1v) is 7.40. The van der Waals surface area contributed by atoms with E-state index < -0.39 is 5.60 Å². The topological polar surface area (TPSA) is 77.1 Å². The van der Waals surface area contributed by atoms with Crippen LogP contribution in [-0.4, -0.2) is 38.3 Å². The lowest BCUT2D eigenvalue weighted by atomic mass is 9.99. The molecular formula is C15H25N5O2. The summed E-state index contributed by atoms with van der Waals surface area (Å²) in [5, 5.41) is 22.4. The highest BCUT2D eigenvalue weighted by Crippen LogP contribution is 2.23. The number of aryl methyl sites for hydroxylation is 3. The smallest absolute Gasteiger partial charge is 0.216 e. The molecule has 2 N–H and O–H groups in total. The van der Waals surface area contributed by atoms with E-state index in [1.807, 2.05) is 20.3 Å². The highest BCUT2D eigenvalue weighted by atomic mass is 16.5. The van der Waals surface area contributed by atoms with Crippen LogP contribution in [0.25, 0.3) is 0 Å². The third kappa shape index (κ3) is 3.31. The summed E-state index contributed by atoms with van der Waals surface area (Å²) in [6.07, 6.45) is 4.35. The summed E-state index contributed by atoms with van der Waals surface area (Å²) in [6.45, 7) is 4.85. The second-order valence-electron chi connectivity index (χ2n) is 5.69. The van der Waals surface area contributed by atoms with Crippen molar-refractivity contribution < 1.29 is 9.84 Å². The number of hydrogen-bond donors (Lipinski definition) is 2. The minimum absolute atomic E-state index is 0.417. The maximum atomic E-state index is 10.6. The third-order valence-corrected chi connectivity index (χ3v) is 3.80. The summed E-state index contributed by atoms with van der Waals surface area (Å²) < 4.78 is 8.84. The van der Waals surface area contributed by atoms with E-state index in [1.165, 1.54) is 0 Å². The molecule has 0 bridgehead atoms. The van der Waals surface area contributed by atoms with Crippen molar-refractivity contribution in [3.05, 3.63) is 29.2 Å². The molecule has 1 atom stereocenters. The highest BCUT2D eigenvalue weighted by molar-refractivity contribution is 5.31. The third-order valence-electron chi connectivity index (χ3n) is 3.80. The number of hydrogen-bond acceptors (Lipinski definition) is 5. The van der Waals surface area contributed by atoms with E-state index >= 15 is 0 Å². The van der Waals surface area contributed by atoms with Crippen molar-refractivity contribution in [3.63, 3.8) is 0 Å². The second-order valence-corrected chi connectivity index (χ2v) is 5.69. The zero-order valence-electron chi connectivity index (χ0n) is 13.9. The van der Waals surface area contributed by atoms with Crippen molar-refractivity contribution in [2.45, 2.75) is 32.4 Å². The van der Waals surface area contributed by atoms with Crippen LogP contribution in [0.5, 0.6) is 5.88 Å². The number of aromatic nitrogens is 4. The molecule has 0 fully saturated rings. The van der Waals surface area contributed by atoms with Crippen LogP contribution in [0.4, 0.5) is 0 Å². The SMILES string of the molecule is CCc1nn(C)c(OC)c1CNCC(C)(O)c1cnn(C)c1. The lowest BCUT2D eigenvalue weighted by Gasteiger charge is -2.22. The Hall–Kier alpha value is -1.86. The van der Waals surface area contributed by atoms with Gasteiger partial charge in [0.2, 0.25) is 5.88 Å². The molecule has 0 aliphatic rings. The molecule has 122 valence electrons. The van der Waals surface area contributed by atoms with Gasteiger partial charge in [0.05, 0.1) is 24.6 Å². The van der Waals surface area contributed by atoms with Crippen molar-refractivity contribution in [1.82, 2.24) is 24.9 Å². The van der Waals surface area contributed by atoms with Crippen molar-refractivity contribution >= 4 is 0 Å². The van der Waals surface area contributed by atoms with Gasteiger partial charge >= 0.3 is 0 Å². The Morgan fingerprint density at radius 1 is 1.41 bits per heavy atom. The molecule has 0 amide bonds. The van der Waals surface area contributed by atoms with E-state index in [-0.39, 0.29) is 0 Å². The Labute approximate surface area is 130 Å². The Bertz CT molecular complexity index is 630. The zero-order chi connectivity index (χ0) is 16.3. The number of methoxy groups -OCH3 is 1. The summed E-state index contributed by atoms with van der Waals surface area (Å²) in [7, 11) is 5.35. The van der Waals surface area contributed by atoms with Crippen LogP contribution in [-0.2, 0) is 32.7 Å². The first-order chi connectivity index (χ1) is 10.4. The van der Waals surface area contributed by atoms with Crippen LogP contribution in [0.3, 0.4) is 0 Å². The van der Waals surface area contributed by atoms with Crippen LogP contribution >= 0.6 is 0 Å². The van der Waals surface area contributed by atoms with Gasteiger partial charge in [0, 0.05) is 38.9 Å². The average Bonchev–Trinajstić information content (AvgIpc) is 3.03. The number of ether oxygens (including phenoxy) is 1. The van der Waals surface area contributed by atoms with Gasteiger partial charge < -0.3 is 15.2 Å². The van der Waals surface area contributed by atoms with Gasteiger partial charge in [0.15, 0.2) is 0 Å². The zero-order valence-corrected chi connectivity index (χ0v) is 13.9. The summed E-state index contributed by atoms with van der Waals surface area (Å²) in [5.41, 5.74) is 1.86. The van der Waals surface area contributed by atoms with Crippen LogP contribution in [0.15, 0.2) is 12.4 Å². The number of nitrogens with zero attached hydrogens (tertiary/aromatic N) is 4. The molecule has 2 rings (SSSR count). The molecule has 22 heavy (non-hydrogen) atoms. The molecule has 2 heterocycles. The number of aliphatic hydroxyl groups is 1. The van der Waals surface area contributed by atoms with Gasteiger partial charge in [0.25, 0.3) is 0 Å². The van der Waals surface area contributed by atoms with Crippen molar-refractivity contribution in [2.75, 3.05) is 13.7 Å². The van der Waals surface area contributed by atoms with Crippen LogP contribution < -0.4 is 10.1 Å². The maximum Gasteiger partial charge on any atom is 0.216 e. The quantitative estimate of drug-likeness (QED) is 0.788. The predicted octanol–water partition coefficient (Wildman–Crippen LogP) is 0.722. The van der Waals surface area contributed by atoms with Gasteiger partial charge in [-0.05, 0) is 13.3 Å². The standard InChI is InChI=1S/C15H25N5O2/c1-6-13-12(14(22-5)20(4)18-13)8-16-10-15(2,21)11-7-17-19(3)9-11/h7,9,16,21H,6,8,10H2,1-5H3. The number of rotatable bonds is 7. The molecule has 0 radical (unpaired) electrons. The minimum atomic E-state index is -0.976. The molecule has 0 saturated carbocycles. The minimum Gasteiger partial charge on any atom is -0.481 e. The first kappa shape index (κ1) is 16.5. The van der Waals surface area contributed by atoms with Crippen LogP contribution in [0.2, 0.25) is 0 Å². The summed E-state index contributed by atoms with van der Waals surface area (Å²) in [6, 6.07) is 0. The molecular weight excluding hydrogens is 282 g/mol. The largest absolute Gasteiger partial charge is 0.481 e. The molecule has 0 aliphatic heterocycles. The predicted molar refractivity (Wildman–Crippen MR) is 83.6 cm³/mol. The Morgan fingerprint density at radius 2 is 2.14 bits per heavy atom. The summed E-state index contributed by atoms with van der Waals surface area (Å²) >= 11 is 0. The van der Waals surface area contributed by atoms with Crippen molar-refractivity contribution in [1.29, 1.82) is 0 Å². The van der Waals surface area contributed by atoms with Gasteiger partial charge in [-0.3, -0.25) is 4.68 Å². The highest BCUT2D eigenvalue weighted by Gasteiger charge is 2.25. The fourth-order valence-electron chi connectivity index (χ4n) is 2.55. The van der Waals surface area contributed by atoms with E-state index in [0.717, 1.165) is 29.1 Å². The van der Waals surface area contributed by atoms with Gasteiger partial charge in [-0.25, -0.2) is 4.68 Å². The second kappa shape index (κ2) is 6.50. The molecule has 0 aromatic carbocycles. The number of nitrogens with one attached hydrogen (secondary N) is 1.